The first-order valence-electron chi connectivity index (χ1n) is 8.36. The molecule has 1 fully saturated rings. The van der Waals surface area contributed by atoms with E-state index in [2.05, 4.69) is 24.3 Å². The molecule has 2 aromatic heterocycles. The number of fused-ring (bicyclic) bond motifs is 1. The van der Waals surface area contributed by atoms with Gasteiger partial charge >= 0.3 is 0 Å². The Morgan fingerprint density at radius 2 is 2.20 bits per heavy atom. The molecule has 0 aliphatic carbocycles. The average molecular weight is 380 g/mol. The minimum Gasteiger partial charge on any atom is -0.375 e. The lowest BCUT2D eigenvalue weighted by Gasteiger charge is -2.36. The van der Waals surface area contributed by atoms with Gasteiger partial charge in [0.2, 0.25) is 5.91 Å². The van der Waals surface area contributed by atoms with Gasteiger partial charge in [0, 0.05) is 6.61 Å². The molecule has 2 aromatic rings. The van der Waals surface area contributed by atoms with Crippen LogP contribution in [0.1, 0.15) is 49.1 Å². The van der Waals surface area contributed by atoms with E-state index in [0.717, 1.165) is 18.4 Å². The van der Waals surface area contributed by atoms with Gasteiger partial charge in [-0.1, -0.05) is 0 Å². The Morgan fingerprint density at radius 1 is 1.36 bits per heavy atom. The van der Waals surface area contributed by atoms with E-state index < -0.39 is 0 Å². The topological polar surface area (TPSA) is 76.1 Å². The van der Waals surface area contributed by atoms with Crippen molar-refractivity contribution in [3.8, 4) is 0 Å². The maximum atomic E-state index is 12.8. The summed E-state index contributed by atoms with van der Waals surface area (Å²) in [7, 11) is 0. The lowest BCUT2D eigenvalue weighted by atomic mass is 9.94. The summed E-state index contributed by atoms with van der Waals surface area (Å²) in [5.74, 6) is 0.899. The van der Waals surface area contributed by atoms with Crippen LogP contribution in [-0.2, 0) is 9.53 Å². The van der Waals surface area contributed by atoms with Gasteiger partial charge in [0.25, 0.3) is 5.56 Å². The number of nitrogens with zero attached hydrogens (tertiary/aromatic N) is 1. The van der Waals surface area contributed by atoms with Crippen molar-refractivity contribution in [2.45, 2.75) is 43.6 Å². The Kier molecular flexibility index (Phi) is 4.29. The Bertz CT molecular complexity index is 838. The molecule has 2 atom stereocenters. The van der Waals surface area contributed by atoms with Gasteiger partial charge in [-0.2, -0.15) is 11.3 Å². The zero-order valence-corrected chi connectivity index (χ0v) is 15.8. The van der Waals surface area contributed by atoms with Gasteiger partial charge in [0.05, 0.1) is 28.2 Å². The third-order valence-electron chi connectivity index (χ3n) is 4.75. The quantitative estimate of drug-likeness (QED) is 0.840. The Labute approximate surface area is 153 Å². The van der Waals surface area contributed by atoms with Gasteiger partial charge in [0.15, 0.2) is 0 Å². The molecule has 134 valence electrons. The van der Waals surface area contributed by atoms with Gasteiger partial charge in [-0.25, -0.2) is 0 Å². The van der Waals surface area contributed by atoms with Crippen LogP contribution in [0, 0.1) is 0 Å². The molecule has 8 heteroatoms. The number of hydrogen-bond acceptors (Lipinski definition) is 5. The van der Waals surface area contributed by atoms with E-state index in [9.17, 15) is 9.59 Å². The molecule has 25 heavy (non-hydrogen) atoms. The van der Waals surface area contributed by atoms with Crippen LogP contribution >= 0.6 is 23.1 Å². The molecule has 2 aliphatic heterocycles. The Balaban J connectivity index is 1.80. The largest absolute Gasteiger partial charge is 0.375 e. The standard InChI is InChI=1S/C17H21N3O3S2/c1-17(2)7-11(3-5-23-17)20-15-13(16(22)19-20)14(10-4-6-24-8-10)25-9-12(21)18-15/h4,6,8,11,14H,3,5,7,9H2,1-2H3,(H,18,21)(H,19,22)/t11-,14-/m0/s1. The van der Waals surface area contributed by atoms with Crippen LogP contribution in [0.5, 0.6) is 0 Å². The predicted molar refractivity (Wildman–Crippen MR) is 101 cm³/mol. The first-order valence-corrected chi connectivity index (χ1v) is 10.4. The number of amides is 1. The van der Waals surface area contributed by atoms with Gasteiger partial charge < -0.3 is 10.1 Å². The average Bonchev–Trinajstić information content (AvgIpc) is 3.13. The third kappa shape index (κ3) is 3.18. The molecular formula is C17H21N3O3S2. The van der Waals surface area contributed by atoms with Crippen molar-refractivity contribution >= 4 is 34.8 Å². The molecule has 4 heterocycles. The summed E-state index contributed by atoms with van der Waals surface area (Å²) in [5, 5.41) is 9.87. The number of rotatable bonds is 2. The highest BCUT2D eigenvalue weighted by atomic mass is 32.2. The number of carbonyl (C=O) groups is 1. The van der Waals surface area contributed by atoms with E-state index in [1.54, 1.807) is 11.3 Å². The van der Waals surface area contributed by atoms with E-state index in [4.69, 9.17) is 4.74 Å². The maximum absolute atomic E-state index is 12.8. The second kappa shape index (κ2) is 6.34. The van der Waals surface area contributed by atoms with Crippen LogP contribution in [-0.4, -0.2) is 33.6 Å². The molecule has 1 amide bonds. The molecule has 0 radical (unpaired) electrons. The summed E-state index contributed by atoms with van der Waals surface area (Å²) in [6.07, 6.45) is 1.60. The number of ether oxygens (including phenoxy) is 1. The Hall–Kier alpha value is -1.51. The van der Waals surface area contributed by atoms with Crippen molar-refractivity contribution in [2.24, 2.45) is 0 Å². The van der Waals surface area contributed by atoms with Gasteiger partial charge in [-0.3, -0.25) is 19.4 Å². The minimum absolute atomic E-state index is 0.0666. The number of nitrogens with one attached hydrogen (secondary N) is 2. The normalized spacial score (nSPS) is 25.9. The molecule has 6 nitrogen and oxygen atoms in total. The summed E-state index contributed by atoms with van der Waals surface area (Å²) < 4.78 is 7.66. The Morgan fingerprint density at radius 3 is 2.92 bits per heavy atom. The lowest BCUT2D eigenvalue weighted by molar-refractivity contribution is -0.113. The molecular weight excluding hydrogens is 358 g/mol. The van der Waals surface area contributed by atoms with Gasteiger partial charge in [-0.15, -0.1) is 11.8 Å². The summed E-state index contributed by atoms with van der Waals surface area (Å²) in [5.41, 5.74) is 1.36. The summed E-state index contributed by atoms with van der Waals surface area (Å²) in [4.78, 5) is 25.0. The van der Waals surface area contributed by atoms with Gasteiger partial charge in [-0.05, 0) is 49.1 Å². The number of H-pyrrole nitrogens is 1. The highest BCUT2D eigenvalue weighted by Gasteiger charge is 2.35. The smallest absolute Gasteiger partial charge is 0.270 e. The molecule has 0 bridgehead atoms. The van der Waals surface area contributed by atoms with Crippen LogP contribution in [0.15, 0.2) is 21.6 Å². The lowest BCUT2D eigenvalue weighted by Crippen LogP contribution is -2.36. The molecule has 0 aromatic carbocycles. The number of thioether (sulfide) groups is 1. The molecule has 0 saturated carbocycles. The molecule has 0 spiro atoms. The molecule has 0 unspecified atom stereocenters. The predicted octanol–water partition coefficient (Wildman–Crippen LogP) is 3.14. The maximum Gasteiger partial charge on any atom is 0.270 e. The van der Waals surface area contributed by atoms with Crippen molar-refractivity contribution in [1.82, 2.24) is 9.78 Å². The third-order valence-corrected chi connectivity index (χ3v) is 6.72. The molecule has 1 saturated heterocycles. The number of aromatic nitrogens is 2. The first kappa shape index (κ1) is 16.9. The van der Waals surface area contributed by atoms with Crippen molar-refractivity contribution in [2.75, 3.05) is 17.7 Å². The highest BCUT2D eigenvalue weighted by molar-refractivity contribution is 8.00. The monoisotopic (exact) mass is 379 g/mol. The van der Waals surface area contributed by atoms with E-state index in [-0.39, 0.29) is 28.4 Å². The van der Waals surface area contributed by atoms with Crippen molar-refractivity contribution in [3.63, 3.8) is 0 Å². The first-order chi connectivity index (χ1) is 11.9. The van der Waals surface area contributed by atoms with Crippen LogP contribution in [0.25, 0.3) is 0 Å². The van der Waals surface area contributed by atoms with Crippen molar-refractivity contribution < 1.29 is 9.53 Å². The number of thiophene rings is 1. The molecule has 2 aliphatic rings. The highest BCUT2D eigenvalue weighted by Crippen LogP contribution is 2.42. The second-order valence-corrected chi connectivity index (χ2v) is 9.00. The van der Waals surface area contributed by atoms with E-state index in [1.807, 2.05) is 21.5 Å². The van der Waals surface area contributed by atoms with Crippen LogP contribution in [0.3, 0.4) is 0 Å². The van der Waals surface area contributed by atoms with Crippen LogP contribution in [0.4, 0.5) is 5.82 Å². The summed E-state index contributed by atoms with van der Waals surface area (Å²) in [6.45, 7) is 4.76. The second-order valence-electron chi connectivity index (χ2n) is 7.12. The number of aromatic amines is 1. The fourth-order valence-electron chi connectivity index (χ4n) is 3.63. The van der Waals surface area contributed by atoms with E-state index in [1.165, 1.54) is 11.8 Å². The van der Waals surface area contributed by atoms with Crippen molar-refractivity contribution in [1.29, 1.82) is 0 Å². The molecule has 2 N–H and O–H groups in total. The number of carbonyl (C=O) groups excluding carboxylic acids is 1. The fraction of sp³-hybridized carbons (Fsp3) is 0.529. The van der Waals surface area contributed by atoms with Crippen molar-refractivity contribution in [3.05, 3.63) is 38.3 Å². The zero-order valence-electron chi connectivity index (χ0n) is 14.2. The number of anilines is 1. The summed E-state index contributed by atoms with van der Waals surface area (Å²) in [6, 6.07) is 2.13. The SMILES string of the molecule is CC1(C)C[C@@H](n2[nH]c(=O)c3c2NC(=O)CS[C@H]3c2ccsc2)CCO1. The van der Waals surface area contributed by atoms with Crippen LogP contribution in [0.2, 0.25) is 0 Å². The van der Waals surface area contributed by atoms with E-state index >= 15 is 0 Å². The van der Waals surface area contributed by atoms with E-state index in [0.29, 0.717) is 23.7 Å². The van der Waals surface area contributed by atoms with Gasteiger partial charge in [0.1, 0.15) is 5.82 Å². The summed E-state index contributed by atoms with van der Waals surface area (Å²) >= 11 is 3.10. The molecule has 4 rings (SSSR count). The number of hydrogen-bond donors (Lipinski definition) is 2. The minimum atomic E-state index is -0.243. The zero-order chi connectivity index (χ0) is 17.6. The fourth-order valence-corrected chi connectivity index (χ4v) is 5.51. The van der Waals surface area contributed by atoms with Crippen LogP contribution < -0.4 is 10.9 Å².